The van der Waals surface area contributed by atoms with Gasteiger partial charge in [-0.3, -0.25) is 4.79 Å². The minimum Gasteiger partial charge on any atom is -0.481 e. The normalized spacial score (nSPS) is 10.6. The summed E-state index contributed by atoms with van der Waals surface area (Å²) in [7, 11) is 0. The van der Waals surface area contributed by atoms with E-state index in [9.17, 15) is 4.79 Å². The summed E-state index contributed by atoms with van der Waals surface area (Å²) in [6.45, 7) is 0. The molecule has 0 atom stereocenters. The number of carboxylic acids is 1. The highest BCUT2D eigenvalue weighted by atomic mass is 35.5. The molecule has 0 bridgehead atoms. The average molecular weight is 371 g/mol. The average Bonchev–Trinajstić information content (AvgIpc) is 2.62. The highest BCUT2D eigenvalue weighted by Gasteiger charge is 2.14. The predicted molar refractivity (Wildman–Crippen MR) is 103 cm³/mol. The summed E-state index contributed by atoms with van der Waals surface area (Å²) in [5.41, 5.74) is 10.1. The summed E-state index contributed by atoms with van der Waals surface area (Å²) >= 11 is 7.08. The van der Waals surface area contributed by atoms with E-state index >= 15 is 0 Å². The van der Waals surface area contributed by atoms with Crippen LogP contribution in [0.1, 0.15) is 0 Å². The maximum atomic E-state index is 10.9. The lowest BCUT2D eigenvalue weighted by Crippen LogP contribution is -2.02. The molecule has 25 heavy (non-hydrogen) atoms. The lowest BCUT2D eigenvalue weighted by molar-refractivity contribution is -0.133. The van der Waals surface area contributed by atoms with Crippen LogP contribution in [0.15, 0.2) is 65.7 Å². The Morgan fingerprint density at radius 1 is 1.08 bits per heavy atom. The zero-order valence-electron chi connectivity index (χ0n) is 13.1. The van der Waals surface area contributed by atoms with Crippen molar-refractivity contribution in [3.8, 4) is 22.4 Å². The van der Waals surface area contributed by atoms with Gasteiger partial charge in [-0.1, -0.05) is 65.8 Å². The molecule has 0 aliphatic rings. The van der Waals surface area contributed by atoms with Gasteiger partial charge in [0.05, 0.1) is 17.1 Å². The highest BCUT2D eigenvalue weighted by molar-refractivity contribution is 8.00. The second kappa shape index (κ2) is 7.59. The van der Waals surface area contributed by atoms with Gasteiger partial charge in [-0.15, -0.1) is 0 Å². The fourth-order valence-corrected chi connectivity index (χ4v) is 3.21. The van der Waals surface area contributed by atoms with E-state index in [4.69, 9.17) is 22.4 Å². The maximum absolute atomic E-state index is 10.9. The third kappa shape index (κ3) is 4.13. The van der Waals surface area contributed by atoms with Crippen molar-refractivity contribution < 1.29 is 9.90 Å². The molecule has 1 aromatic heterocycles. The number of anilines is 1. The van der Waals surface area contributed by atoms with Crippen molar-refractivity contribution in [2.45, 2.75) is 5.03 Å². The third-order valence-electron chi connectivity index (χ3n) is 3.58. The van der Waals surface area contributed by atoms with Crippen molar-refractivity contribution >= 4 is 35.0 Å². The van der Waals surface area contributed by atoms with Crippen LogP contribution in [0.5, 0.6) is 0 Å². The van der Waals surface area contributed by atoms with Crippen molar-refractivity contribution in [2.24, 2.45) is 0 Å². The first kappa shape index (κ1) is 17.3. The van der Waals surface area contributed by atoms with Crippen LogP contribution in [-0.4, -0.2) is 21.8 Å². The molecule has 4 nitrogen and oxygen atoms in total. The highest BCUT2D eigenvalue weighted by Crippen LogP contribution is 2.36. The van der Waals surface area contributed by atoms with Gasteiger partial charge >= 0.3 is 5.97 Å². The largest absolute Gasteiger partial charge is 0.481 e. The van der Waals surface area contributed by atoms with Crippen LogP contribution in [0.2, 0.25) is 5.02 Å². The van der Waals surface area contributed by atoms with Crippen LogP contribution in [0.4, 0.5) is 5.69 Å². The van der Waals surface area contributed by atoms with Gasteiger partial charge in [0.1, 0.15) is 5.03 Å². The van der Waals surface area contributed by atoms with Crippen LogP contribution in [0, 0.1) is 0 Å². The number of thioether (sulfide) groups is 1. The zero-order valence-corrected chi connectivity index (χ0v) is 14.7. The van der Waals surface area contributed by atoms with Gasteiger partial charge < -0.3 is 10.8 Å². The number of hydrogen-bond donors (Lipinski definition) is 2. The molecule has 0 amide bonds. The molecule has 126 valence electrons. The Morgan fingerprint density at radius 2 is 1.76 bits per heavy atom. The van der Waals surface area contributed by atoms with Crippen LogP contribution >= 0.6 is 23.4 Å². The van der Waals surface area contributed by atoms with E-state index in [1.54, 1.807) is 12.1 Å². The van der Waals surface area contributed by atoms with Gasteiger partial charge in [0, 0.05) is 16.1 Å². The monoisotopic (exact) mass is 370 g/mol. The number of rotatable bonds is 5. The lowest BCUT2D eigenvalue weighted by atomic mass is 10.0. The molecule has 0 unspecified atom stereocenters. The van der Waals surface area contributed by atoms with Crippen LogP contribution < -0.4 is 5.73 Å². The predicted octanol–water partition coefficient (Wildman–Crippen LogP) is 4.83. The topological polar surface area (TPSA) is 76.2 Å². The Kier molecular flexibility index (Phi) is 5.26. The van der Waals surface area contributed by atoms with Gasteiger partial charge in [0.15, 0.2) is 0 Å². The number of nitrogens with two attached hydrogens (primary N) is 1. The van der Waals surface area contributed by atoms with Crippen LogP contribution in [0.3, 0.4) is 0 Å². The quantitative estimate of drug-likeness (QED) is 0.629. The van der Waals surface area contributed by atoms with Crippen molar-refractivity contribution in [3.05, 3.63) is 65.7 Å². The number of hydrogen-bond acceptors (Lipinski definition) is 4. The van der Waals surface area contributed by atoms with Crippen molar-refractivity contribution in [3.63, 3.8) is 0 Å². The SMILES string of the molecule is Nc1c(-c2ccc(Cl)cc2)cc(-c2ccccc2)nc1SCC(=O)O. The van der Waals surface area contributed by atoms with Crippen molar-refractivity contribution in [1.29, 1.82) is 0 Å². The lowest BCUT2D eigenvalue weighted by Gasteiger charge is -2.13. The van der Waals surface area contributed by atoms with Gasteiger partial charge in [-0.25, -0.2) is 4.98 Å². The van der Waals surface area contributed by atoms with E-state index in [1.807, 2.05) is 48.5 Å². The Morgan fingerprint density at radius 3 is 2.40 bits per heavy atom. The number of nitrogen functional groups attached to an aromatic ring is 1. The maximum Gasteiger partial charge on any atom is 0.313 e. The van der Waals surface area contributed by atoms with Gasteiger partial charge in [0.25, 0.3) is 0 Å². The Hall–Kier alpha value is -2.50. The first-order valence-electron chi connectivity index (χ1n) is 7.51. The first-order chi connectivity index (χ1) is 12.0. The van der Waals surface area contributed by atoms with Crippen molar-refractivity contribution in [1.82, 2.24) is 4.98 Å². The summed E-state index contributed by atoms with van der Waals surface area (Å²) in [6, 6.07) is 19.0. The summed E-state index contributed by atoms with van der Waals surface area (Å²) in [5, 5.41) is 10.1. The molecule has 0 radical (unpaired) electrons. The van der Waals surface area contributed by atoms with Gasteiger partial charge in [-0.05, 0) is 23.8 Å². The minimum atomic E-state index is -0.913. The standard InChI is InChI=1S/C19H15ClN2O2S/c20-14-8-6-12(7-9-14)15-10-16(13-4-2-1-3-5-13)22-19(18(15)21)25-11-17(23)24/h1-10H,11,21H2,(H,23,24). The molecule has 3 aromatic rings. The summed E-state index contributed by atoms with van der Waals surface area (Å²) in [5.74, 6) is -1.01. The fourth-order valence-electron chi connectivity index (χ4n) is 2.40. The molecule has 0 fully saturated rings. The van der Waals surface area contributed by atoms with Gasteiger partial charge in [0.2, 0.25) is 0 Å². The minimum absolute atomic E-state index is 0.102. The van der Waals surface area contributed by atoms with Gasteiger partial charge in [-0.2, -0.15) is 0 Å². The molecule has 0 saturated carbocycles. The molecule has 3 rings (SSSR count). The van der Waals surface area contributed by atoms with E-state index < -0.39 is 5.97 Å². The number of benzene rings is 2. The van der Waals surface area contributed by atoms with Crippen LogP contribution in [0.25, 0.3) is 22.4 Å². The summed E-state index contributed by atoms with van der Waals surface area (Å²) in [6.07, 6.45) is 0. The number of nitrogens with zero attached hydrogens (tertiary/aromatic N) is 1. The molecule has 1 heterocycles. The molecule has 6 heteroatoms. The van der Waals surface area contributed by atoms with E-state index in [0.29, 0.717) is 15.7 Å². The zero-order chi connectivity index (χ0) is 17.8. The first-order valence-corrected chi connectivity index (χ1v) is 8.87. The van der Waals surface area contributed by atoms with Crippen molar-refractivity contribution in [2.75, 3.05) is 11.5 Å². The molecule has 3 N–H and O–H groups in total. The second-order valence-electron chi connectivity index (χ2n) is 5.33. The van der Waals surface area contributed by atoms with E-state index in [-0.39, 0.29) is 5.75 Å². The summed E-state index contributed by atoms with van der Waals surface area (Å²) in [4.78, 5) is 15.5. The third-order valence-corrected chi connectivity index (χ3v) is 4.81. The Labute approximate surface area is 154 Å². The molecule has 0 spiro atoms. The Balaban J connectivity index is 2.13. The molecule has 0 aliphatic heterocycles. The molecular weight excluding hydrogens is 356 g/mol. The fraction of sp³-hybridized carbons (Fsp3) is 0.0526. The molecule has 0 aliphatic carbocycles. The number of aliphatic carboxylic acids is 1. The molecular formula is C19H15ClN2O2S. The number of pyridine rings is 1. The summed E-state index contributed by atoms with van der Waals surface area (Å²) < 4.78 is 0. The van der Waals surface area contributed by atoms with E-state index in [1.165, 1.54) is 0 Å². The smallest absolute Gasteiger partial charge is 0.313 e. The van der Waals surface area contributed by atoms with E-state index in [0.717, 1.165) is 34.1 Å². The van der Waals surface area contributed by atoms with Crippen LogP contribution in [-0.2, 0) is 4.79 Å². The van der Waals surface area contributed by atoms with E-state index in [2.05, 4.69) is 4.98 Å². The molecule has 0 saturated heterocycles. The number of halogens is 1. The number of carboxylic acid groups (broad SMARTS) is 1. The number of carbonyl (C=O) groups is 1. The second-order valence-corrected chi connectivity index (χ2v) is 6.73. The molecule has 2 aromatic carbocycles. The number of aromatic nitrogens is 1. The Bertz CT molecular complexity index is 899.